The second-order valence-electron chi connectivity index (χ2n) is 3.88. The number of ether oxygens (including phenoxy) is 1. The highest BCUT2D eigenvalue weighted by molar-refractivity contribution is 5.66. The number of esters is 1. The van der Waals surface area contributed by atoms with Crippen LogP contribution in [0.4, 0.5) is 0 Å². The molecule has 0 radical (unpaired) electrons. The summed E-state index contributed by atoms with van der Waals surface area (Å²) < 4.78 is 4.65. The predicted molar refractivity (Wildman–Crippen MR) is 77.1 cm³/mol. The lowest BCUT2D eigenvalue weighted by molar-refractivity contribution is -0.135. The van der Waals surface area contributed by atoms with Crippen molar-refractivity contribution in [2.75, 3.05) is 0 Å². The number of allylic oxidation sites excluding steroid dienone is 7. The van der Waals surface area contributed by atoms with Crippen molar-refractivity contribution >= 4 is 5.97 Å². The van der Waals surface area contributed by atoms with Gasteiger partial charge in [-0.05, 0) is 38.2 Å². The zero-order chi connectivity index (χ0) is 13.5. The number of unbranched alkanes of at least 4 members (excludes halogenated alkanes) is 2. The van der Waals surface area contributed by atoms with Gasteiger partial charge in [0.1, 0.15) is 0 Å². The van der Waals surface area contributed by atoms with Crippen LogP contribution in [0.25, 0.3) is 0 Å². The van der Waals surface area contributed by atoms with Crippen molar-refractivity contribution in [2.24, 2.45) is 0 Å². The largest absolute Gasteiger partial charge is 0.435 e. The van der Waals surface area contributed by atoms with E-state index in [0.29, 0.717) is 0 Å². The highest BCUT2D eigenvalue weighted by Crippen LogP contribution is 1.99. The van der Waals surface area contributed by atoms with E-state index in [1.165, 1.54) is 13.2 Å². The summed E-state index contributed by atoms with van der Waals surface area (Å²) in [5, 5.41) is 0. The van der Waals surface area contributed by atoms with Crippen molar-refractivity contribution in [2.45, 2.75) is 46.0 Å². The summed E-state index contributed by atoms with van der Waals surface area (Å²) in [6.45, 7) is 3.53. The second kappa shape index (κ2) is 13.5. The van der Waals surface area contributed by atoms with Crippen LogP contribution in [0.1, 0.15) is 46.0 Å². The van der Waals surface area contributed by atoms with E-state index in [1.807, 2.05) is 6.08 Å². The van der Waals surface area contributed by atoms with Crippen molar-refractivity contribution in [3.05, 3.63) is 48.8 Å². The molecule has 2 heteroatoms. The SMILES string of the molecule is CCC=CC/C=C\CCC/C=C\C=C\OC(C)=O. The summed E-state index contributed by atoms with van der Waals surface area (Å²) in [5.41, 5.74) is 0. The fraction of sp³-hybridized carbons (Fsp3) is 0.438. The first kappa shape index (κ1) is 16.4. The molecule has 0 saturated heterocycles. The topological polar surface area (TPSA) is 26.3 Å². The summed E-state index contributed by atoms with van der Waals surface area (Å²) in [4.78, 5) is 10.4. The van der Waals surface area contributed by atoms with Gasteiger partial charge >= 0.3 is 5.97 Å². The van der Waals surface area contributed by atoms with Crippen molar-refractivity contribution in [1.82, 2.24) is 0 Å². The second-order valence-corrected chi connectivity index (χ2v) is 3.88. The van der Waals surface area contributed by atoms with Crippen LogP contribution in [0.3, 0.4) is 0 Å². The van der Waals surface area contributed by atoms with Crippen LogP contribution in [0, 0.1) is 0 Å². The van der Waals surface area contributed by atoms with Gasteiger partial charge in [-0.25, -0.2) is 0 Å². The Kier molecular flexibility index (Phi) is 12.3. The molecule has 100 valence electrons. The zero-order valence-corrected chi connectivity index (χ0v) is 11.5. The first-order valence-corrected chi connectivity index (χ1v) is 6.56. The lowest BCUT2D eigenvalue weighted by atomic mass is 10.2. The van der Waals surface area contributed by atoms with Crippen LogP contribution in [0.15, 0.2) is 48.8 Å². The molecule has 0 aromatic heterocycles. The maximum Gasteiger partial charge on any atom is 0.307 e. The fourth-order valence-corrected chi connectivity index (χ4v) is 1.26. The van der Waals surface area contributed by atoms with Gasteiger partial charge in [0.2, 0.25) is 0 Å². The Labute approximate surface area is 111 Å². The third kappa shape index (κ3) is 14.4. The highest BCUT2D eigenvalue weighted by atomic mass is 16.5. The lowest BCUT2D eigenvalue weighted by Crippen LogP contribution is -1.88. The van der Waals surface area contributed by atoms with Crippen LogP contribution in [0.5, 0.6) is 0 Å². The van der Waals surface area contributed by atoms with E-state index in [2.05, 4.69) is 42.0 Å². The van der Waals surface area contributed by atoms with E-state index in [1.54, 1.807) is 6.08 Å². The minimum absolute atomic E-state index is 0.290. The summed E-state index contributed by atoms with van der Waals surface area (Å²) in [5.74, 6) is -0.290. The van der Waals surface area contributed by atoms with Crippen LogP contribution in [0.2, 0.25) is 0 Å². The average molecular weight is 248 g/mol. The van der Waals surface area contributed by atoms with Crippen molar-refractivity contribution < 1.29 is 9.53 Å². The molecule has 0 unspecified atom stereocenters. The molecule has 18 heavy (non-hydrogen) atoms. The summed E-state index contributed by atoms with van der Waals surface area (Å²) in [7, 11) is 0. The van der Waals surface area contributed by atoms with Crippen molar-refractivity contribution in [3.8, 4) is 0 Å². The molecule has 0 amide bonds. The quantitative estimate of drug-likeness (QED) is 0.194. The van der Waals surface area contributed by atoms with Crippen molar-refractivity contribution in [3.63, 3.8) is 0 Å². The summed E-state index contributed by atoms with van der Waals surface area (Å²) in [6, 6.07) is 0. The molecule has 0 aliphatic rings. The third-order valence-corrected chi connectivity index (χ3v) is 2.14. The number of hydrogen-bond donors (Lipinski definition) is 0. The van der Waals surface area contributed by atoms with Gasteiger partial charge in [0, 0.05) is 6.92 Å². The van der Waals surface area contributed by atoms with Gasteiger partial charge in [0.25, 0.3) is 0 Å². The van der Waals surface area contributed by atoms with Crippen LogP contribution in [-0.4, -0.2) is 5.97 Å². The van der Waals surface area contributed by atoms with Crippen molar-refractivity contribution in [1.29, 1.82) is 0 Å². The molecule has 0 aliphatic heterocycles. The Balaban J connectivity index is 3.39. The molecular formula is C16H24O2. The molecule has 0 saturated carbocycles. The summed E-state index contributed by atoms with van der Waals surface area (Å²) >= 11 is 0. The minimum atomic E-state index is -0.290. The molecule has 0 aromatic carbocycles. The fourth-order valence-electron chi connectivity index (χ4n) is 1.26. The minimum Gasteiger partial charge on any atom is -0.435 e. The van der Waals surface area contributed by atoms with Gasteiger partial charge in [0.15, 0.2) is 0 Å². The van der Waals surface area contributed by atoms with Crippen LogP contribution >= 0.6 is 0 Å². The molecule has 0 N–H and O–H groups in total. The maximum absolute atomic E-state index is 10.4. The van der Waals surface area contributed by atoms with Gasteiger partial charge in [-0.2, -0.15) is 0 Å². The summed E-state index contributed by atoms with van der Waals surface area (Å²) in [6.07, 6.45) is 21.3. The van der Waals surface area contributed by atoms with Gasteiger partial charge in [-0.1, -0.05) is 43.4 Å². The molecular weight excluding hydrogens is 224 g/mol. The third-order valence-electron chi connectivity index (χ3n) is 2.14. The first-order valence-electron chi connectivity index (χ1n) is 6.56. The zero-order valence-electron chi connectivity index (χ0n) is 11.5. The number of rotatable bonds is 9. The average Bonchev–Trinajstić information content (AvgIpc) is 2.34. The van der Waals surface area contributed by atoms with E-state index < -0.39 is 0 Å². The Morgan fingerprint density at radius 2 is 1.72 bits per heavy atom. The lowest BCUT2D eigenvalue weighted by Gasteiger charge is -1.90. The number of carbonyl (C=O) groups is 1. The normalized spacial score (nSPS) is 12.3. The van der Waals surface area contributed by atoms with E-state index in [-0.39, 0.29) is 5.97 Å². The van der Waals surface area contributed by atoms with Gasteiger partial charge in [-0.3, -0.25) is 4.79 Å². The van der Waals surface area contributed by atoms with Gasteiger partial charge in [0.05, 0.1) is 6.26 Å². The Bertz CT molecular complexity index is 309. The molecule has 0 atom stereocenters. The Hall–Kier alpha value is -1.57. The molecule has 0 fully saturated rings. The van der Waals surface area contributed by atoms with Gasteiger partial charge < -0.3 is 4.74 Å². The molecule has 0 aliphatic carbocycles. The number of carbonyl (C=O) groups excluding carboxylic acids is 1. The molecule has 0 rings (SSSR count). The molecule has 0 bridgehead atoms. The van der Waals surface area contributed by atoms with E-state index >= 15 is 0 Å². The highest BCUT2D eigenvalue weighted by Gasteiger charge is 1.82. The molecule has 0 spiro atoms. The monoisotopic (exact) mass is 248 g/mol. The molecule has 2 nitrogen and oxygen atoms in total. The van der Waals surface area contributed by atoms with E-state index in [9.17, 15) is 4.79 Å². The van der Waals surface area contributed by atoms with Gasteiger partial charge in [-0.15, -0.1) is 0 Å². The van der Waals surface area contributed by atoms with E-state index in [0.717, 1.165) is 32.1 Å². The Morgan fingerprint density at radius 3 is 2.44 bits per heavy atom. The van der Waals surface area contributed by atoms with E-state index in [4.69, 9.17) is 0 Å². The predicted octanol–water partition coefficient (Wildman–Crippen LogP) is 4.70. The molecule has 0 aromatic rings. The Morgan fingerprint density at radius 1 is 1.00 bits per heavy atom. The standard InChI is InChI=1S/C16H24O2/c1-3-4-5-6-7-8-9-10-11-12-13-14-15-18-16(2)17/h4-5,7-8,12-15H,3,6,9-11H2,1-2H3/b5-4?,8-7-,13-12-,15-14+. The van der Waals surface area contributed by atoms with Crippen LogP contribution < -0.4 is 0 Å². The number of hydrogen-bond acceptors (Lipinski definition) is 2. The molecule has 0 heterocycles. The van der Waals surface area contributed by atoms with Crippen LogP contribution in [-0.2, 0) is 9.53 Å². The maximum atomic E-state index is 10.4. The first-order chi connectivity index (χ1) is 8.77. The smallest absolute Gasteiger partial charge is 0.307 e.